The van der Waals surface area contributed by atoms with E-state index in [1.807, 2.05) is 115 Å². The predicted octanol–water partition coefficient (Wildman–Crippen LogP) is 11.2. The van der Waals surface area contributed by atoms with E-state index in [-0.39, 0.29) is 47.3 Å². The van der Waals surface area contributed by atoms with Gasteiger partial charge in [-0.05, 0) is 128 Å². The standard InChI is InChI=1S/2C15H13NO2.C14H11NO.C10H12N2O3S.C9H6F3NO/c1-18-13-4-2-3-10(7-13)11-5-6-12-9-15(17)16-14(12)8-11;1-18-14-5-3-2-4-12(14)10-6-7-11-9-15(17)16-13(11)8-10;16-14-9-12-7-6-11(8-13(12)15-14)10-4-2-1-3-5-10;1-12(2)16(14,15)8-3-4-9-7(5-8)6-10(13)11-9;10-9(11,12)6-1-2-7-5(3-6)4-8(14)13-7/h2*2-8H,9H2,1H3,(H,16,17);1-8H,9H2,(H,15,16);3-5H,6H2,1-2H3,(H,11,13);1-3H,4H2,(H,13,14). The summed E-state index contributed by atoms with van der Waals surface area (Å²) < 4.78 is 72.1. The Morgan fingerprint density at radius 1 is 0.415 bits per heavy atom. The van der Waals surface area contributed by atoms with Gasteiger partial charge in [-0.2, -0.15) is 13.2 Å². The van der Waals surface area contributed by atoms with Crippen molar-refractivity contribution in [2.45, 2.75) is 43.2 Å². The van der Waals surface area contributed by atoms with E-state index in [1.165, 1.54) is 31.8 Å². The summed E-state index contributed by atoms with van der Waals surface area (Å²) in [6.07, 6.45) is -2.62. The number of sulfonamides is 1. The van der Waals surface area contributed by atoms with Crippen LogP contribution in [0.5, 0.6) is 11.5 Å². The van der Waals surface area contributed by atoms with Crippen molar-refractivity contribution in [2.24, 2.45) is 0 Å². The molecule has 0 radical (unpaired) electrons. The van der Waals surface area contributed by atoms with Gasteiger partial charge in [0.05, 0.1) is 56.8 Å². The zero-order valence-electron chi connectivity index (χ0n) is 44.9. The molecule has 0 unspecified atom stereocenters. The van der Waals surface area contributed by atoms with Crippen molar-refractivity contribution in [2.75, 3.05) is 54.9 Å². The highest BCUT2D eigenvalue weighted by Crippen LogP contribution is 2.37. The number of halogens is 3. The number of para-hydroxylation sites is 1. The van der Waals surface area contributed by atoms with E-state index in [0.717, 1.165) is 95.1 Å². The van der Waals surface area contributed by atoms with Crippen molar-refractivity contribution in [3.63, 3.8) is 0 Å². The molecular formula is C63H55F3N6O9S. The molecule has 0 bridgehead atoms. The van der Waals surface area contributed by atoms with E-state index in [2.05, 4.69) is 44.8 Å². The summed E-state index contributed by atoms with van der Waals surface area (Å²) in [6.45, 7) is 0. The molecule has 5 amide bonds. The van der Waals surface area contributed by atoms with Crippen LogP contribution in [0, 0.1) is 0 Å². The topological polar surface area (TPSA) is 201 Å². The van der Waals surface area contributed by atoms with E-state index in [0.29, 0.717) is 36.2 Å². The summed E-state index contributed by atoms with van der Waals surface area (Å²) in [5.41, 5.74) is 14.1. The molecule has 19 heteroatoms. The zero-order chi connectivity index (χ0) is 58.3. The molecule has 5 aliphatic rings. The van der Waals surface area contributed by atoms with Gasteiger partial charge in [0.25, 0.3) is 0 Å². The molecule has 5 N–H and O–H groups in total. The third-order valence-electron chi connectivity index (χ3n) is 13.7. The average molecular weight is 1130 g/mol. The Morgan fingerprint density at radius 2 is 0.854 bits per heavy atom. The number of hydrogen-bond donors (Lipinski definition) is 5. The number of nitrogens with one attached hydrogen (secondary N) is 5. The van der Waals surface area contributed by atoms with Gasteiger partial charge in [-0.1, -0.05) is 97.1 Å². The van der Waals surface area contributed by atoms with Crippen molar-refractivity contribution in [3.8, 4) is 44.9 Å². The van der Waals surface area contributed by atoms with Crippen LogP contribution in [0.2, 0.25) is 0 Å². The maximum Gasteiger partial charge on any atom is 0.416 e. The molecule has 5 aliphatic heterocycles. The molecular weight excluding hydrogens is 1070 g/mol. The number of carbonyl (C=O) groups excluding carboxylic acids is 5. The second-order valence-electron chi connectivity index (χ2n) is 19.5. The molecule has 0 aliphatic carbocycles. The number of carbonyl (C=O) groups is 5. The maximum absolute atomic E-state index is 12.2. The van der Waals surface area contributed by atoms with E-state index in [4.69, 9.17) is 9.47 Å². The number of benzene rings is 8. The molecule has 0 saturated carbocycles. The van der Waals surface area contributed by atoms with Gasteiger partial charge in [-0.3, -0.25) is 24.0 Å². The number of fused-ring (bicyclic) bond motifs is 5. The van der Waals surface area contributed by atoms with E-state index in [1.54, 1.807) is 26.4 Å². The average Bonchev–Trinajstić information content (AvgIpc) is 4.50. The van der Waals surface area contributed by atoms with Gasteiger partial charge in [0.2, 0.25) is 39.6 Å². The number of rotatable bonds is 7. The minimum atomic E-state index is -4.35. The lowest BCUT2D eigenvalue weighted by molar-refractivity contribution is -0.137. The van der Waals surface area contributed by atoms with Gasteiger partial charge in [0.1, 0.15) is 11.5 Å². The number of amides is 5. The fourth-order valence-electron chi connectivity index (χ4n) is 9.47. The van der Waals surface area contributed by atoms with Gasteiger partial charge in [-0.25, -0.2) is 12.7 Å². The third kappa shape index (κ3) is 13.5. The number of ether oxygens (including phenoxy) is 2. The van der Waals surface area contributed by atoms with Crippen molar-refractivity contribution < 1.29 is 55.0 Å². The molecule has 8 aromatic rings. The number of nitrogens with zero attached hydrogens (tertiary/aromatic N) is 1. The molecule has 0 saturated heterocycles. The van der Waals surface area contributed by atoms with Crippen molar-refractivity contribution in [1.82, 2.24) is 4.31 Å². The van der Waals surface area contributed by atoms with Crippen LogP contribution in [-0.4, -0.2) is 70.6 Å². The second kappa shape index (κ2) is 24.4. The first-order valence-corrected chi connectivity index (χ1v) is 27.2. The SMILES string of the molecule is CN(C)S(=O)(=O)c1ccc2c(c1)CC(=O)N2.COc1cccc(-c2ccc3c(c2)NC(=O)C3)c1.COc1ccccc1-c1ccc2c(c1)NC(=O)C2.O=C1Cc2cc(C(F)(F)F)ccc2N1.O=C1Cc2ccc(-c3ccccc3)cc2N1. The Balaban J connectivity index is 0.000000124. The summed E-state index contributed by atoms with van der Waals surface area (Å²) >= 11 is 0. The Hall–Kier alpha value is -9.59. The highest BCUT2D eigenvalue weighted by Gasteiger charge is 2.32. The normalized spacial score (nSPS) is 13.9. The van der Waals surface area contributed by atoms with Crippen molar-refractivity contribution >= 4 is 68.0 Å². The smallest absolute Gasteiger partial charge is 0.416 e. The van der Waals surface area contributed by atoms with E-state index >= 15 is 0 Å². The second-order valence-corrected chi connectivity index (χ2v) is 21.7. The fourth-order valence-corrected chi connectivity index (χ4v) is 10.4. The molecule has 0 atom stereocenters. The first kappa shape index (κ1) is 57.1. The molecule has 82 heavy (non-hydrogen) atoms. The summed E-state index contributed by atoms with van der Waals surface area (Å²) in [7, 11) is 2.85. The fraction of sp³-hybridized carbons (Fsp3) is 0.159. The van der Waals surface area contributed by atoms with E-state index < -0.39 is 21.8 Å². The summed E-state index contributed by atoms with van der Waals surface area (Å²) in [5.74, 6) is 1.50. The van der Waals surface area contributed by atoms with Crippen LogP contribution in [0.1, 0.15) is 33.4 Å². The highest BCUT2D eigenvalue weighted by molar-refractivity contribution is 7.89. The lowest BCUT2D eigenvalue weighted by Crippen LogP contribution is -2.22. The van der Waals surface area contributed by atoms with Crippen LogP contribution in [-0.2, 0) is 72.3 Å². The van der Waals surface area contributed by atoms with Crippen LogP contribution in [0.15, 0.2) is 175 Å². The lowest BCUT2D eigenvalue weighted by atomic mass is 10.0. The largest absolute Gasteiger partial charge is 0.497 e. The van der Waals surface area contributed by atoms with Crippen LogP contribution in [0.3, 0.4) is 0 Å². The van der Waals surface area contributed by atoms with Gasteiger partial charge in [-0.15, -0.1) is 0 Å². The van der Waals surface area contributed by atoms with Crippen LogP contribution in [0.25, 0.3) is 33.4 Å². The quantitative estimate of drug-likeness (QED) is 0.103. The zero-order valence-corrected chi connectivity index (χ0v) is 45.7. The number of methoxy groups -OCH3 is 2. The molecule has 15 nitrogen and oxygen atoms in total. The van der Waals surface area contributed by atoms with Crippen LogP contribution >= 0.6 is 0 Å². The lowest BCUT2D eigenvalue weighted by Gasteiger charge is -2.11. The first-order chi connectivity index (χ1) is 39.2. The monoisotopic (exact) mass is 1130 g/mol. The first-order valence-electron chi connectivity index (χ1n) is 25.7. The van der Waals surface area contributed by atoms with Crippen molar-refractivity contribution in [1.29, 1.82) is 0 Å². The Morgan fingerprint density at radius 3 is 1.38 bits per heavy atom. The molecule has 5 heterocycles. The van der Waals surface area contributed by atoms with Gasteiger partial charge >= 0.3 is 6.18 Å². The molecule has 0 aromatic heterocycles. The molecule has 0 spiro atoms. The Kier molecular flexibility index (Phi) is 17.0. The predicted molar refractivity (Wildman–Crippen MR) is 309 cm³/mol. The minimum absolute atomic E-state index is 0.0270. The Bertz CT molecular complexity index is 3910. The van der Waals surface area contributed by atoms with Gasteiger partial charge in [0, 0.05) is 48.1 Å². The van der Waals surface area contributed by atoms with Gasteiger partial charge in [0.15, 0.2) is 0 Å². The molecule has 418 valence electrons. The maximum atomic E-state index is 12.2. The van der Waals surface area contributed by atoms with E-state index in [9.17, 15) is 45.6 Å². The summed E-state index contributed by atoms with van der Waals surface area (Å²) in [6, 6.07) is 52.0. The summed E-state index contributed by atoms with van der Waals surface area (Å²) in [5, 5.41) is 13.7. The van der Waals surface area contributed by atoms with Crippen LogP contribution < -0.4 is 36.1 Å². The Labute approximate surface area is 471 Å². The molecule has 8 aromatic carbocycles. The summed E-state index contributed by atoms with van der Waals surface area (Å²) in [4.78, 5) is 56.1. The minimum Gasteiger partial charge on any atom is -0.497 e. The molecule has 13 rings (SSSR count). The van der Waals surface area contributed by atoms with Crippen LogP contribution in [0.4, 0.5) is 41.6 Å². The third-order valence-corrected chi connectivity index (χ3v) is 15.5. The number of hydrogen-bond acceptors (Lipinski definition) is 9. The number of anilines is 5. The van der Waals surface area contributed by atoms with Crippen molar-refractivity contribution in [3.05, 3.63) is 203 Å². The van der Waals surface area contributed by atoms with Gasteiger partial charge < -0.3 is 36.1 Å². The number of alkyl halides is 3. The highest BCUT2D eigenvalue weighted by atomic mass is 32.2. The molecule has 0 fully saturated rings.